The van der Waals surface area contributed by atoms with Gasteiger partial charge in [0.15, 0.2) is 11.5 Å². The van der Waals surface area contributed by atoms with Crippen LogP contribution in [0.5, 0.6) is 11.5 Å². The van der Waals surface area contributed by atoms with Crippen LogP contribution in [0.25, 0.3) is 0 Å². The Morgan fingerprint density at radius 3 is 2.55 bits per heavy atom. The molecule has 112 valence electrons. The summed E-state index contributed by atoms with van der Waals surface area (Å²) in [7, 11) is 3.21. The average Bonchev–Trinajstić information content (AvgIpc) is 2.48. The highest BCUT2D eigenvalue weighted by Crippen LogP contribution is 2.27. The molecule has 0 saturated heterocycles. The summed E-state index contributed by atoms with van der Waals surface area (Å²) < 4.78 is 10.4. The maximum Gasteiger partial charge on any atom is 0.224 e. The zero-order valence-electron chi connectivity index (χ0n) is 12.4. The molecule has 0 saturated carbocycles. The molecule has 0 spiro atoms. The smallest absolute Gasteiger partial charge is 0.224 e. The van der Waals surface area contributed by atoms with Gasteiger partial charge >= 0.3 is 0 Å². The van der Waals surface area contributed by atoms with E-state index in [2.05, 4.69) is 5.32 Å². The van der Waals surface area contributed by atoms with E-state index < -0.39 is 0 Å². The van der Waals surface area contributed by atoms with Crippen LogP contribution in [0.3, 0.4) is 0 Å². The molecule has 1 unspecified atom stereocenters. The first-order chi connectivity index (χ1) is 9.65. The maximum absolute atomic E-state index is 11.8. The zero-order chi connectivity index (χ0) is 15.0. The van der Waals surface area contributed by atoms with Crippen LogP contribution >= 0.6 is 0 Å². The van der Waals surface area contributed by atoms with Gasteiger partial charge in [0.1, 0.15) is 0 Å². The summed E-state index contributed by atoms with van der Waals surface area (Å²) >= 11 is 0. The second-order valence-corrected chi connectivity index (χ2v) is 4.57. The molecule has 1 rings (SSSR count). The molecule has 1 aromatic rings. The fraction of sp³-hybridized carbons (Fsp3) is 0.533. The van der Waals surface area contributed by atoms with E-state index in [1.807, 2.05) is 25.1 Å². The van der Waals surface area contributed by atoms with Crippen molar-refractivity contribution in [1.82, 2.24) is 5.32 Å². The number of hydrogen-bond donors (Lipinski definition) is 2. The van der Waals surface area contributed by atoms with E-state index >= 15 is 0 Å². The van der Waals surface area contributed by atoms with Gasteiger partial charge < -0.3 is 20.5 Å². The van der Waals surface area contributed by atoms with Crippen LogP contribution in [0, 0.1) is 5.92 Å². The number of hydrogen-bond acceptors (Lipinski definition) is 4. The molecule has 1 amide bonds. The topological polar surface area (TPSA) is 73.6 Å². The fourth-order valence-corrected chi connectivity index (χ4v) is 1.97. The summed E-state index contributed by atoms with van der Waals surface area (Å²) in [5.41, 5.74) is 6.63. The minimum absolute atomic E-state index is 0.0236. The largest absolute Gasteiger partial charge is 0.493 e. The third kappa shape index (κ3) is 4.42. The predicted molar refractivity (Wildman–Crippen MR) is 79.1 cm³/mol. The molecule has 0 aliphatic rings. The van der Waals surface area contributed by atoms with E-state index in [0.717, 1.165) is 18.4 Å². The summed E-state index contributed by atoms with van der Waals surface area (Å²) in [5.74, 6) is 1.33. The number of nitrogens with one attached hydrogen (secondary N) is 1. The van der Waals surface area contributed by atoms with Crippen molar-refractivity contribution < 1.29 is 14.3 Å². The molecule has 0 aliphatic heterocycles. The van der Waals surface area contributed by atoms with E-state index in [0.29, 0.717) is 24.6 Å². The van der Waals surface area contributed by atoms with E-state index in [1.165, 1.54) is 0 Å². The molecule has 0 aromatic heterocycles. The Kier molecular flexibility index (Phi) is 6.87. The van der Waals surface area contributed by atoms with Crippen molar-refractivity contribution in [2.75, 3.05) is 27.3 Å². The number of methoxy groups -OCH3 is 2. The number of rotatable bonds is 8. The third-order valence-electron chi connectivity index (χ3n) is 3.31. The first-order valence-electron chi connectivity index (χ1n) is 6.84. The second-order valence-electron chi connectivity index (χ2n) is 4.57. The molecule has 3 N–H and O–H groups in total. The molecule has 0 heterocycles. The highest BCUT2D eigenvalue weighted by atomic mass is 16.5. The fourth-order valence-electron chi connectivity index (χ4n) is 1.97. The molecule has 5 heteroatoms. The van der Waals surface area contributed by atoms with E-state index in [-0.39, 0.29) is 11.8 Å². The summed E-state index contributed by atoms with van der Waals surface area (Å²) in [5, 5.41) is 2.91. The number of carbonyl (C=O) groups excluding carboxylic acids is 1. The molecule has 0 radical (unpaired) electrons. The Morgan fingerprint density at radius 2 is 2.00 bits per heavy atom. The Balaban J connectivity index is 2.52. The summed E-state index contributed by atoms with van der Waals surface area (Å²) in [6.45, 7) is 2.94. The number of ether oxygens (including phenoxy) is 2. The van der Waals surface area contributed by atoms with Crippen LogP contribution in [0.1, 0.15) is 18.9 Å². The summed E-state index contributed by atoms with van der Waals surface area (Å²) in [6, 6.07) is 5.75. The first-order valence-corrected chi connectivity index (χ1v) is 6.84. The second kappa shape index (κ2) is 8.43. The Morgan fingerprint density at radius 1 is 1.30 bits per heavy atom. The Bertz CT molecular complexity index is 431. The summed E-state index contributed by atoms with van der Waals surface area (Å²) in [6.07, 6.45) is 1.51. The number of nitrogens with two attached hydrogens (primary N) is 1. The van der Waals surface area contributed by atoms with Gasteiger partial charge in [-0.25, -0.2) is 0 Å². The van der Waals surface area contributed by atoms with Gasteiger partial charge in [0.25, 0.3) is 0 Å². The molecule has 20 heavy (non-hydrogen) atoms. The van der Waals surface area contributed by atoms with Crippen LogP contribution in [0.4, 0.5) is 0 Å². The molecule has 0 bridgehead atoms. The maximum atomic E-state index is 11.8. The first kappa shape index (κ1) is 16.3. The standard InChI is InChI=1S/C15H24N2O3/c1-4-12(10-16)15(18)17-8-7-11-5-6-13(19-2)14(9-11)20-3/h5-6,9,12H,4,7-8,10,16H2,1-3H3,(H,17,18). The zero-order valence-corrected chi connectivity index (χ0v) is 12.4. The van der Waals surface area contributed by atoms with Gasteiger partial charge in [-0.05, 0) is 30.5 Å². The minimum atomic E-state index is -0.0968. The van der Waals surface area contributed by atoms with E-state index in [4.69, 9.17) is 15.2 Å². The lowest BCUT2D eigenvalue weighted by Crippen LogP contribution is -2.35. The lowest BCUT2D eigenvalue weighted by atomic mass is 10.1. The number of carbonyl (C=O) groups is 1. The average molecular weight is 280 g/mol. The number of amides is 1. The van der Waals surface area contributed by atoms with Gasteiger partial charge in [-0.3, -0.25) is 4.79 Å². The van der Waals surface area contributed by atoms with Crippen LogP contribution in [0.2, 0.25) is 0 Å². The highest BCUT2D eigenvalue weighted by Gasteiger charge is 2.13. The van der Waals surface area contributed by atoms with Crippen LogP contribution in [-0.4, -0.2) is 33.2 Å². The van der Waals surface area contributed by atoms with Crippen molar-refractivity contribution in [1.29, 1.82) is 0 Å². The quantitative estimate of drug-likeness (QED) is 0.754. The third-order valence-corrected chi connectivity index (χ3v) is 3.31. The van der Waals surface area contributed by atoms with E-state index in [1.54, 1.807) is 14.2 Å². The van der Waals surface area contributed by atoms with Gasteiger partial charge in [-0.1, -0.05) is 13.0 Å². The molecule has 1 atom stereocenters. The van der Waals surface area contributed by atoms with Crippen molar-refractivity contribution in [2.45, 2.75) is 19.8 Å². The summed E-state index contributed by atoms with van der Waals surface area (Å²) in [4.78, 5) is 11.8. The lowest BCUT2D eigenvalue weighted by Gasteiger charge is -2.13. The molecular formula is C15H24N2O3. The van der Waals surface area contributed by atoms with Crippen molar-refractivity contribution in [3.05, 3.63) is 23.8 Å². The van der Waals surface area contributed by atoms with Gasteiger partial charge in [0.2, 0.25) is 5.91 Å². The predicted octanol–water partition coefficient (Wildman–Crippen LogP) is 1.35. The van der Waals surface area contributed by atoms with Crippen molar-refractivity contribution in [2.24, 2.45) is 11.7 Å². The SMILES string of the molecule is CCC(CN)C(=O)NCCc1ccc(OC)c(OC)c1. The van der Waals surface area contributed by atoms with Gasteiger partial charge in [-0.15, -0.1) is 0 Å². The normalized spacial score (nSPS) is 11.8. The van der Waals surface area contributed by atoms with Crippen LogP contribution in [-0.2, 0) is 11.2 Å². The van der Waals surface area contributed by atoms with Crippen molar-refractivity contribution in [3.63, 3.8) is 0 Å². The van der Waals surface area contributed by atoms with Crippen molar-refractivity contribution >= 4 is 5.91 Å². The van der Waals surface area contributed by atoms with Crippen LogP contribution in [0.15, 0.2) is 18.2 Å². The monoisotopic (exact) mass is 280 g/mol. The highest BCUT2D eigenvalue weighted by molar-refractivity contribution is 5.78. The van der Waals surface area contributed by atoms with Gasteiger partial charge in [0.05, 0.1) is 14.2 Å². The molecule has 1 aromatic carbocycles. The lowest BCUT2D eigenvalue weighted by molar-refractivity contribution is -0.124. The molecule has 0 aliphatic carbocycles. The molecule has 5 nitrogen and oxygen atoms in total. The van der Waals surface area contributed by atoms with Gasteiger partial charge in [0, 0.05) is 19.0 Å². The number of benzene rings is 1. The molecule has 0 fully saturated rings. The Hall–Kier alpha value is -1.75. The van der Waals surface area contributed by atoms with E-state index in [9.17, 15) is 4.79 Å². The van der Waals surface area contributed by atoms with Crippen LogP contribution < -0.4 is 20.5 Å². The minimum Gasteiger partial charge on any atom is -0.493 e. The molecular weight excluding hydrogens is 256 g/mol. The van der Waals surface area contributed by atoms with Gasteiger partial charge in [-0.2, -0.15) is 0 Å². The Labute approximate surface area is 120 Å². The van der Waals surface area contributed by atoms with Crippen molar-refractivity contribution in [3.8, 4) is 11.5 Å².